The fraction of sp³-hybridized carbons (Fsp3) is 0.370. The first kappa shape index (κ1) is 26.6. The molecule has 38 heavy (non-hydrogen) atoms. The second-order valence-electron chi connectivity index (χ2n) is 10.8. The Balaban J connectivity index is 1.62. The largest absolute Gasteiger partial charge is 0.383 e. The lowest BCUT2D eigenvalue weighted by atomic mass is 9.96. The van der Waals surface area contributed by atoms with E-state index in [2.05, 4.69) is 80.3 Å². The van der Waals surface area contributed by atoms with Crippen LogP contribution in [0.15, 0.2) is 30.5 Å². The van der Waals surface area contributed by atoms with E-state index in [0.29, 0.717) is 45.8 Å². The van der Waals surface area contributed by atoms with Crippen molar-refractivity contribution in [2.24, 2.45) is 5.41 Å². The molecule has 2 N–H and O–H groups in total. The third-order valence-electron chi connectivity index (χ3n) is 6.38. The Kier molecular flexibility index (Phi) is 7.17. The Bertz CT molecular complexity index is 1570. The zero-order valence-electron chi connectivity index (χ0n) is 21.5. The number of nitrogens with zero attached hydrogens (tertiary/aromatic N) is 6. The third-order valence-corrected chi connectivity index (χ3v) is 7.72. The summed E-state index contributed by atoms with van der Waals surface area (Å²) in [5, 5.41) is 26.9. The highest BCUT2D eigenvalue weighted by Crippen LogP contribution is 2.39. The van der Waals surface area contributed by atoms with Crippen LogP contribution in [0.5, 0.6) is 0 Å². The van der Waals surface area contributed by atoms with Crippen molar-refractivity contribution >= 4 is 56.5 Å². The van der Waals surface area contributed by atoms with E-state index < -0.39 is 12.0 Å². The van der Waals surface area contributed by atoms with E-state index in [1.165, 1.54) is 6.07 Å². The maximum atomic E-state index is 13.9. The maximum Gasteiger partial charge on any atom is 0.213 e. The van der Waals surface area contributed by atoms with E-state index >= 15 is 0 Å². The van der Waals surface area contributed by atoms with Crippen molar-refractivity contribution in [2.75, 3.05) is 17.2 Å². The highest BCUT2D eigenvalue weighted by molar-refractivity contribution is 14.1. The minimum atomic E-state index is -0.542. The Hall–Kier alpha value is -3.04. The van der Waals surface area contributed by atoms with Crippen molar-refractivity contribution in [3.8, 4) is 6.07 Å². The molecular formula is C27H27ClFIN8. The number of aryl methyl sites for hydroxylation is 1. The number of anilines is 2. The summed E-state index contributed by atoms with van der Waals surface area (Å²) >= 11 is 8.99. The van der Waals surface area contributed by atoms with E-state index in [4.69, 9.17) is 11.6 Å². The first-order valence-corrected chi connectivity index (χ1v) is 13.8. The van der Waals surface area contributed by atoms with Crippen LogP contribution in [0.1, 0.15) is 68.2 Å². The van der Waals surface area contributed by atoms with Gasteiger partial charge in [-0.2, -0.15) is 9.65 Å². The lowest BCUT2D eigenvalue weighted by molar-refractivity contribution is 0.443. The molecule has 0 amide bonds. The van der Waals surface area contributed by atoms with Gasteiger partial charge in [0.15, 0.2) is 0 Å². The zero-order chi connectivity index (χ0) is 27.2. The summed E-state index contributed by atoms with van der Waals surface area (Å²) in [6.07, 6.45) is 3.70. The molecule has 0 spiro atoms. The third kappa shape index (κ3) is 5.40. The van der Waals surface area contributed by atoms with Crippen LogP contribution >= 0.6 is 34.2 Å². The lowest BCUT2D eigenvalue weighted by Crippen LogP contribution is -2.20. The van der Waals surface area contributed by atoms with Gasteiger partial charge in [-0.15, -0.1) is 5.10 Å². The standard InChI is InChI=1S/C27H27ClFIN8/c1-14-18(7-8-21(29)34-14)24(25-26(30)38(37-36-25)17-5-6-17)35-16-9-19-22(33-13-27(2,3)4)15(11-31)12-32-23(19)20(28)10-16/h7-10,12,17,24,35H,5-6,13H2,1-4H3,(H,32,33). The molecule has 0 aliphatic heterocycles. The van der Waals surface area contributed by atoms with Crippen LogP contribution in [0.4, 0.5) is 15.8 Å². The monoisotopic (exact) mass is 644 g/mol. The molecule has 1 unspecified atom stereocenters. The van der Waals surface area contributed by atoms with Gasteiger partial charge in [0.05, 0.1) is 27.8 Å². The fourth-order valence-electron chi connectivity index (χ4n) is 4.30. The van der Waals surface area contributed by atoms with Gasteiger partial charge in [0.2, 0.25) is 5.95 Å². The van der Waals surface area contributed by atoms with Gasteiger partial charge in [0, 0.05) is 35.1 Å². The van der Waals surface area contributed by atoms with Gasteiger partial charge in [-0.25, -0.2) is 9.67 Å². The molecule has 4 aromatic rings. The first-order valence-electron chi connectivity index (χ1n) is 12.3. The number of halogens is 3. The molecule has 8 nitrogen and oxygen atoms in total. The number of pyridine rings is 2. The minimum absolute atomic E-state index is 0.00967. The summed E-state index contributed by atoms with van der Waals surface area (Å²) < 4.78 is 16.8. The van der Waals surface area contributed by atoms with E-state index in [-0.39, 0.29) is 5.41 Å². The van der Waals surface area contributed by atoms with Gasteiger partial charge in [0.1, 0.15) is 21.5 Å². The number of rotatable bonds is 7. The van der Waals surface area contributed by atoms with E-state index in [0.717, 1.165) is 33.2 Å². The fourth-order valence-corrected chi connectivity index (χ4v) is 5.48. The van der Waals surface area contributed by atoms with Crippen LogP contribution in [0.2, 0.25) is 5.02 Å². The maximum absolute atomic E-state index is 13.9. The molecule has 5 rings (SSSR count). The van der Waals surface area contributed by atoms with Crippen molar-refractivity contribution in [3.05, 3.63) is 67.6 Å². The van der Waals surface area contributed by atoms with Gasteiger partial charge >= 0.3 is 0 Å². The first-order chi connectivity index (χ1) is 18.1. The Morgan fingerprint density at radius 1 is 1.29 bits per heavy atom. The molecule has 196 valence electrons. The van der Waals surface area contributed by atoms with E-state index in [1.54, 1.807) is 25.3 Å². The van der Waals surface area contributed by atoms with Crippen molar-refractivity contribution in [1.29, 1.82) is 5.26 Å². The quantitative estimate of drug-likeness (QED) is 0.169. The Labute approximate surface area is 239 Å². The average Bonchev–Trinajstić information content (AvgIpc) is 3.62. The van der Waals surface area contributed by atoms with Crippen LogP contribution in [0, 0.1) is 33.3 Å². The molecule has 0 saturated heterocycles. The number of benzene rings is 1. The molecule has 1 aliphatic carbocycles. The second kappa shape index (κ2) is 10.3. The number of nitrogens with one attached hydrogen (secondary N) is 2. The van der Waals surface area contributed by atoms with Crippen molar-refractivity contribution in [2.45, 2.75) is 52.6 Å². The van der Waals surface area contributed by atoms with Gasteiger partial charge in [-0.05, 0) is 66.0 Å². The highest BCUT2D eigenvalue weighted by atomic mass is 127. The molecule has 1 atom stereocenters. The minimum Gasteiger partial charge on any atom is -0.383 e. The molecule has 11 heteroatoms. The summed E-state index contributed by atoms with van der Waals surface area (Å²) in [6.45, 7) is 8.79. The second-order valence-corrected chi connectivity index (χ2v) is 12.2. The SMILES string of the molecule is Cc1nc(F)ccc1C(Nc1cc(Cl)c2ncc(C#N)c(NCC(C)(C)C)c2c1)c1nnn(C2CC2)c1I. The Morgan fingerprint density at radius 3 is 2.71 bits per heavy atom. The lowest BCUT2D eigenvalue weighted by Gasteiger charge is -2.23. The molecule has 1 aromatic carbocycles. The normalized spacial score (nSPS) is 14.4. The molecule has 0 bridgehead atoms. The van der Waals surface area contributed by atoms with Crippen LogP contribution in [-0.4, -0.2) is 31.5 Å². The van der Waals surface area contributed by atoms with Crippen molar-refractivity contribution in [1.82, 2.24) is 25.0 Å². The van der Waals surface area contributed by atoms with Crippen LogP contribution in [0.3, 0.4) is 0 Å². The Morgan fingerprint density at radius 2 is 2.05 bits per heavy atom. The van der Waals surface area contributed by atoms with Crippen LogP contribution in [0.25, 0.3) is 10.9 Å². The summed E-state index contributed by atoms with van der Waals surface area (Å²) in [7, 11) is 0. The molecule has 1 aliphatic rings. The van der Waals surface area contributed by atoms with Gasteiger partial charge in [-0.3, -0.25) is 4.98 Å². The zero-order valence-corrected chi connectivity index (χ0v) is 24.4. The number of fused-ring (bicyclic) bond motifs is 1. The highest BCUT2D eigenvalue weighted by Gasteiger charge is 2.31. The molecule has 3 aromatic heterocycles. The average molecular weight is 645 g/mol. The predicted molar refractivity (Wildman–Crippen MR) is 155 cm³/mol. The molecule has 1 saturated carbocycles. The van der Waals surface area contributed by atoms with E-state index in [9.17, 15) is 9.65 Å². The topological polar surface area (TPSA) is 104 Å². The molecule has 0 radical (unpaired) electrons. The van der Waals surface area contributed by atoms with Crippen LogP contribution in [-0.2, 0) is 0 Å². The summed E-state index contributed by atoms with van der Waals surface area (Å²) in [4.78, 5) is 8.51. The smallest absolute Gasteiger partial charge is 0.213 e. The molecular weight excluding hydrogens is 618 g/mol. The number of aromatic nitrogens is 5. The molecule has 3 heterocycles. The number of hydrogen-bond donors (Lipinski definition) is 2. The number of nitriles is 1. The summed E-state index contributed by atoms with van der Waals surface area (Å²) in [6, 6.07) is 8.93. The van der Waals surface area contributed by atoms with Gasteiger partial charge < -0.3 is 10.6 Å². The van der Waals surface area contributed by atoms with Crippen molar-refractivity contribution in [3.63, 3.8) is 0 Å². The summed E-state index contributed by atoms with van der Waals surface area (Å²) in [5.74, 6) is -0.542. The molecule has 1 fully saturated rings. The number of hydrogen-bond acceptors (Lipinski definition) is 7. The predicted octanol–water partition coefficient (Wildman–Crippen LogP) is 6.79. The van der Waals surface area contributed by atoms with Crippen LogP contribution < -0.4 is 10.6 Å². The van der Waals surface area contributed by atoms with Gasteiger partial charge in [-0.1, -0.05) is 43.7 Å². The van der Waals surface area contributed by atoms with Crippen molar-refractivity contribution < 1.29 is 4.39 Å². The summed E-state index contributed by atoms with van der Waals surface area (Å²) in [5.41, 5.74) is 4.45. The van der Waals surface area contributed by atoms with Gasteiger partial charge in [0.25, 0.3) is 0 Å². The van der Waals surface area contributed by atoms with E-state index in [1.807, 2.05) is 10.7 Å².